The Hall–Kier alpha value is -3.47. The molecule has 11 heteroatoms. The molecule has 0 bridgehead atoms. The molecule has 0 aliphatic rings. The minimum absolute atomic E-state index is 0.00846. The standard InChI is InChI=1S/C24H37N5O6/c1-5-28(6-2)16-14-25-21(31)17-29-15-10-12-20(24(29)34)27-23(33)19(26-18(4)30)11-8-9-13-22(32)35-7-3/h9-10,12-13,15,19H,5-8,11,14,16-17H2,1-4H3,(H,25,31)(H,26,30)(H,27,33)/b13-9+/t19-/m0/s1. The molecule has 0 saturated heterocycles. The van der Waals surface area contributed by atoms with Crippen molar-refractivity contribution >= 4 is 29.4 Å². The molecule has 0 spiro atoms. The van der Waals surface area contributed by atoms with Crippen LogP contribution in [0.4, 0.5) is 5.69 Å². The average molecular weight is 492 g/mol. The zero-order valence-electron chi connectivity index (χ0n) is 21.0. The van der Waals surface area contributed by atoms with Crippen LogP contribution in [-0.4, -0.2) is 72.0 Å². The summed E-state index contributed by atoms with van der Waals surface area (Å²) in [4.78, 5) is 62.9. The highest BCUT2D eigenvalue weighted by Gasteiger charge is 2.20. The van der Waals surface area contributed by atoms with E-state index in [0.717, 1.165) is 13.1 Å². The highest BCUT2D eigenvalue weighted by Crippen LogP contribution is 2.05. The molecule has 0 aliphatic carbocycles. The fraction of sp³-hybridized carbons (Fsp3) is 0.542. The van der Waals surface area contributed by atoms with E-state index in [9.17, 15) is 24.0 Å². The van der Waals surface area contributed by atoms with Crippen LogP contribution in [0.2, 0.25) is 0 Å². The lowest BCUT2D eigenvalue weighted by atomic mass is 10.1. The smallest absolute Gasteiger partial charge is 0.330 e. The first-order chi connectivity index (χ1) is 16.7. The number of ether oxygens (including phenoxy) is 1. The Morgan fingerprint density at radius 2 is 1.89 bits per heavy atom. The molecule has 3 amide bonds. The third kappa shape index (κ3) is 11.5. The average Bonchev–Trinajstić information content (AvgIpc) is 2.81. The van der Waals surface area contributed by atoms with Crippen LogP contribution in [0, 0.1) is 0 Å². The number of aromatic nitrogens is 1. The molecule has 11 nitrogen and oxygen atoms in total. The highest BCUT2D eigenvalue weighted by molar-refractivity contribution is 5.96. The molecule has 0 saturated carbocycles. The van der Waals surface area contributed by atoms with Gasteiger partial charge in [0.15, 0.2) is 0 Å². The second-order valence-electron chi connectivity index (χ2n) is 7.71. The van der Waals surface area contributed by atoms with Crippen molar-refractivity contribution in [2.75, 3.05) is 38.1 Å². The summed E-state index contributed by atoms with van der Waals surface area (Å²) < 4.78 is 6.00. The molecule has 1 rings (SSSR count). The summed E-state index contributed by atoms with van der Waals surface area (Å²) in [7, 11) is 0. The second-order valence-corrected chi connectivity index (χ2v) is 7.71. The number of rotatable bonds is 15. The van der Waals surface area contributed by atoms with E-state index in [1.165, 1.54) is 29.8 Å². The lowest BCUT2D eigenvalue weighted by molar-refractivity contribution is -0.137. The lowest BCUT2D eigenvalue weighted by Gasteiger charge is -2.18. The number of nitrogens with zero attached hydrogens (tertiary/aromatic N) is 2. The minimum atomic E-state index is -0.921. The van der Waals surface area contributed by atoms with E-state index in [0.29, 0.717) is 19.5 Å². The van der Waals surface area contributed by atoms with Crippen LogP contribution in [0.15, 0.2) is 35.3 Å². The van der Waals surface area contributed by atoms with Gasteiger partial charge >= 0.3 is 5.97 Å². The first kappa shape index (κ1) is 29.6. The van der Waals surface area contributed by atoms with E-state index in [1.807, 2.05) is 13.8 Å². The van der Waals surface area contributed by atoms with Gasteiger partial charge in [-0.3, -0.25) is 19.2 Å². The predicted octanol–water partition coefficient (Wildman–Crippen LogP) is 0.649. The van der Waals surface area contributed by atoms with Crippen molar-refractivity contribution in [1.82, 2.24) is 20.1 Å². The molecule has 1 heterocycles. The summed E-state index contributed by atoms with van der Waals surface area (Å²) in [5.74, 6) is -1.79. The summed E-state index contributed by atoms with van der Waals surface area (Å²) in [6.45, 7) is 10.1. The number of allylic oxidation sites excluding steroid dienone is 1. The summed E-state index contributed by atoms with van der Waals surface area (Å²) in [6.07, 6.45) is 4.80. The van der Waals surface area contributed by atoms with Crippen molar-refractivity contribution in [3.8, 4) is 0 Å². The molecule has 194 valence electrons. The third-order valence-electron chi connectivity index (χ3n) is 5.09. The van der Waals surface area contributed by atoms with Gasteiger partial charge in [0.1, 0.15) is 18.3 Å². The molecule has 1 aromatic rings. The summed E-state index contributed by atoms with van der Waals surface area (Å²) in [5, 5.41) is 7.86. The summed E-state index contributed by atoms with van der Waals surface area (Å²) >= 11 is 0. The quantitative estimate of drug-likeness (QED) is 0.242. The van der Waals surface area contributed by atoms with Crippen LogP contribution in [0.5, 0.6) is 0 Å². The van der Waals surface area contributed by atoms with Crippen LogP contribution in [0.25, 0.3) is 0 Å². The molecule has 0 aliphatic heterocycles. The van der Waals surface area contributed by atoms with Crippen molar-refractivity contribution in [3.63, 3.8) is 0 Å². The molecule has 0 aromatic carbocycles. The van der Waals surface area contributed by atoms with Crippen molar-refractivity contribution < 1.29 is 23.9 Å². The predicted molar refractivity (Wildman–Crippen MR) is 133 cm³/mol. The van der Waals surface area contributed by atoms with Crippen molar-refractivity contribution in [3.05, 3.63) is 40.8 Å². The van der Waals surface area contributed by atoms with Gasteiger partial charge < -0.3 is 30.2 Å². The van der Waals surface area contributed by atoms with Crippen molar-refractivity contribution in [2.45, 2.75) is 53.1 Å². The monoisotopic (exact) mass is 491 g/mol. The van der Waals surface area contributed by atoms with Crippen LogP contribution in [0.1, 0.15) is 40.5 Å². The van der Waals surface area contributed by atoms with E-state index < -0.39 is 29.4 Å². The number of esters is 1. The molecule has 0 unspecified atom stereocenters. The molecule has 1 aromatic heterocycles. The van der Waals surface area contributed by atoms with E-state index in [2.05, 4.69) is 20.9 Å². The molecule has 3 N–H and O–H groups in total. The van der Waals surface area contributed by atoms with E-state index >= 15 is 0 Å². The SMILES string of the molecule is CCOC(=O)/C=C/CC[C@H](NC(C)=O)C(=O)Nc1cccn(CC(=O)NCCN(CC)CC)c1=O. The van der Waals surface area contributed by atoms with Crippen molar-refractivity contribution in [1.29, 1.82) is 0 Å². The van der Waals surface area contributed by atoms with Crippen LogP contribution in [0.3, 0.4) is 0 Å². The topological polar surface area (TPSA) is 139 Å². The molecular weight excluding hydrogens is 454 g/mol. The van der Waals surface area contributed by atoms with Gasteiger partial charge in [0.2, 0.25) is 17.7 Å². The van der Waals surface area contributed by atoms with Gasteiger partial charge in [0, 0.05) is 32.3 Å². The number of carbonyl (C=O) groups excluding carboxylic acids is 4. The minimum Gasteiger partial charge on any atom is -0.463 e. The van der Waals surface area contributed by atoms with Gasteiger partial charge in [-0.2, -0.15) is 0 Å². The van der Waals surface area contributed by atoms with Crippen LogP contribution >= 0.6 is 0 Å². The maximum atomic E-state index is 12.8. The van der Waals surface area contributed by atoms with Gasteiger partial charge in [-0.25, -0.2) is 4.79 Å². The zero-order valence-corrected chi connectivity index (χ0v) is 21.0. The number of hydrogen-bond donors (Lipinski definition) is 3. The van der Waals surface area contributed by atoms with E-state index in [1.54, 1.807) is 19.1 Å². The molecule has 0 fully saturated rings. The van der Waals surface area contributed by atoms with Crippen molar-refractivity contribution in [2.24, 2.45) is 0 Å². The first-order valence-electron chi connectivity index (χ1n) is 11.8. The molecular formula is C24H37N5O6. The normalized spacial score (nSPS) is 11.8. The van der Waals surface area contributed by atoms with E-state index in [4.69, 9.17) is 4.74 Å². The highest BCUT2D eigenvalue weighted by atomic mass is 16.5. The number of nitrogens with one attached hydrogen (secondary N) is 3. The lowest BCUT2D eigenvalue weighted by Crippen LogP contribution is -2.44. The number of pyridine rings is 1. The Labute approximate surface area is 205 Å². The molecule has 35 heavy (non-hydrogen) atoms. The number of anilines is 1. The van der Waals surface area contributed by atoms with Gasteiger partial charge in [-0.15, -0.1) is 0 Å². The Kier molecular flexibility index (Phi) is 13.7. The summed E-state index contributed by atoms with van der Waals surface area (Å²) in [5.41, 5.74) is -0.547. The zero-order chi connectivity index (χ0) is 26.2. The maximum absolute atomic E-state index is 12.8. The fourth-order valence-electron chi connectivity index (χ4n) is 3.23. The van der Waals surface area contributed by atoms with Gasteiger partial charge in [-0.1, -0.05) is 19.9 Å². The molecule has 0 radical (unpaired) electrons. The number of amides is 3. The number of carbonyl (C=O) groups is 4. The number of hydrogen-bond acceptors (Lipinski definition) is 7. The Balaban J connectivity index is 2.77. The van der Waals surface area contributed by atoms with Gasteiger partial charge in [-0.05, 0) is 45.0 Å². The fourth-order valence-corrected chi connectivity index (χ4v) is 3.23. The van der Waals surface area contributed by atoms with Gasteiger partial charge in [0.25, 0.3) is 5.56 Å². The second kappa shape index (κ2) is 16.2. The van der Waals surface area contributed by atoms with Gasteiger partial charge in [0.05, 0.1) is 6.61 Å². The Morgan fingerprint density at radius 3 is 2.51 bits per heavy atom. The summed E-state index contributed by atoms with van der Waals surface area (Å²) in [6, 6.07) is 2.06. The van der Waals surface area contributed by atoms with E-state index in [-0.39, 0.29) is 31.2 Å². The number of likely N-dealkylation sites (N-methyl/N-ethyl adjacent to an activating group) is 1. The molecule has 1 atom stereocenters. The Morgan fingerprint density at radius 1 is 1.17 bits per heavy atom. The van der Waals surface area contributed by atoms with Crippen LogP contribution in [-0.2, 0) is 30.5 Å². The largest absolute Gasteiger partial charge is 0.463 e. The Bertz CT molecular complexity index is 939. The third-order valence-corrected chi connectivity index (χ3v) is 5.09. The first-order valence-corrected chi connectivity index (χ1v) is 11.8. The van der Waals surface area contributed by atoms with Crippen LogP contribution < -0.4 is 21.5 Å². The maximum Gasteiger partial charge on any atom is 0.330 e.